The van der Waals surface area contributed by atoms with E-state index >= 15 is 0 Å². The van der Waals surface area contributed by atoms with Crippen molar-refractivity contribution >= 4 is 12.0 Å². The van der Waals surface area contributed by atoms with Crippen molar-refractivity contribution in [1.82, 2.24) is 10.6 Å². The van der Waals surface area contributed by atoms with Gasteiger partial charge in [-0.25, -0.2) is 9.18 Å². The summed E-state index contributed by atoms with van der Waals surface area (Å²) in [7, 11) is 0. The van der Waals surface area contributed by atoms with E-state index in [9.17, 15) is 14.0 Å². The van der Waals surface area contributed by atoms with Crippen LogP contribution in [0.1, 0.15) is 18.5 Å². The highest BCUT2D eigenvalue weighted by Gasteiger charge is 2.39. The number of urea groups is 1. The van der Waals surface area contributed by atoms with Crippen LogP contribution in [0.2, 0.25) is 0 Å². The average Bonchev–Trinajstić information content (AvgIpc) is 2.47. The fourth-order valence-electron chi connectivity index (χ4n) is 2.26. The predicted octanol–water partition coefficient (Wildman–Crippen LogP) is 2.43. The molecule has 5 nitrogen and oxygen atoms in total. The highest BCUT2D eigenvalue weighted by molar-refractivity contribution is 5.85. The number of carbonyl (C=O) groups excluding carboxylic acids is 2. The van der Waals surface area contributed by atoms with Crippen LogP contribution in [-0.2, 0) is 9.53 Å². The molecule has 1 heterocycles. The van der Waals surface area contributed by atoms with E-state index in [0.29, 0.717) is 0 Å². The lowest BCUT2D eigenvalue weighted by Crippen LogP contribution is -2.51. The first kappa shape index (κ1) is 15.8. The number of halogens is 1. The predicted molar refractivity (Wildman–Crippen MR) is 79.2 cm³/mol. The second-order valence-corrected chi connectivity index (χ2v) is 4.80. The lowest BCUT2D eigenvalue weighted by atomic mass is 9.89. The van der Waals surface area contributed by atoms with Crippen molar-refractivity contribution in [3.8, 4) is 0 Å². The highest BCUT2D eigenvalue weighted by atomic mass is 19.1. The summed E-state index contributed by atoms with van der Waals surface area (Å²) in [4.78, 5) is 23.9. The molecule has 0 aromatic heterocycles. The van der Waals surface area contributed by atoms with Crippen LogP contribution in [0.3, 0.4) is 0 Å². The maximum Gasteiger partial charge on any atom is 0.319 e. The summed E-state index contributed by atoms with van der Waals surface area (Å²) >= 11 is 0. The Morgan fingerprint density at radius 2 is 2.18 bits per heavy atom. The topological polar surface area (TPSA) is 67.4 Å². The van der Waals surface area contributed by atoms with E-state index in [1.165, 1.54) is 18.2 Å². The van der Waals surface area contributed by atoms with Crippen molar-refractivity contribution in [2.75, 3.05) is 6.61 Å². The van der Waals surface area contributed by atoms with E-state index < -0.39 is 29.8 Å². The molecule has 1 aromatic rings. The summed E-state index contributed by atoms with van der Waals surface area (Å²) in [5.74, 6) is -1.99. The Labute approximate surface area is 127 Å². The van der Waals surface area contributed by atoms with Crippen LogP contribution in [0, 0.1) is 11.7 Å². The number of hydrogen-bond acceptors (Lipinski definition) is 3. The van der Waals surface area contributed by atoms with E-state index in [1.807, 2.05) is 0 Å². The first-order valence-corrected chi connectivity index (χ1v) is 6.83. The molecule has 0 bridgehead atoms. The number of amides is 2. The van der Waals surface area contributed by atoms with Crippen LogP contribution in [0.25, 0.3) is 0 Å². The molecule has 0 radical (unpaired) electrons. The van der Waals surface area contributed by atoms with E-state index in [-0.39, 0.29) is 17.9 Å². The van der Waals surface area contributed by atoms with E-state index in [0.717, 1.165) is 0 Å². The third kappa shape index (κ3) is 3.33. The third-order valence-corrected chi connectivity index (χ3v) is 3.32. The number of allylic oxidation sites excluding steroid dienone is 1. The van der Waals surface area contributed by atoms with Gasteiger partial charge in [-0.05, 0) is 13.0 Å². The molecule has 2 rings (SSSR count). The summed E-state index contributed by atoms with van der Waals surface area (Å²) in [6.07, 6.45) is 3.42. The van der Waals surface area contributed by atoms with Gasteiger partial charge in [0, 0.05) is 11.3 Å². The van der Waals surface area contributed by atoms with Crippen molar-refractivity contribution in [2.24, 2.45) is 5.92 Å². The monoisotopic (exact) mass is 304 g/mol. The van der Waals surface area contributed by atoms with Crippen LogP contribution < -0.4 is 10.6 Å². The Kier molecular flexibility index (Phi) is 4.93. The lowest BCUT2D eigenvalue weighted by Gasteiger charge is -2.33. The minimum absolute atomic E-state index is 0.108. The Hall–Kier alpha value is -2.63. The van der Waals surface area contributed by atoms with E-state index in [2.05, 4.69) is 17.2 Å². The second-order valence-electron chi connectivity index (χ2n) is 4.80. The van der Waals surface area contributed by atoms with Crippen molar-refractivity contribution in [2.45, 2.75) is 13.0 Å². The molecule has 1 aromatic carbocycles. The van der Waals surface area contributed by atoms with Gasteiger partial charge in [0.25, 0.3) is 0 Å². The molecule has 1 saturated heterocycles. The molecule has 2 N–H and O–H groups in total. The molecule has 0 unspecified atom stereocenters. The molecule has 1 fully saturated rings. The first-order valence-electron chi connectivity index (χ1n) is 6.83. The Morgan fingerprint density at radius 3 is 2.86 bits per heavy atom. The molecule has 0 spiro atoms. The third-order valence-electron chi connectivity index (χ3n) is 3.32. The minimum atomic E-state index is -0.903. The van der Waals surface area contributed by atoms with Crippen molar-refractivity contribution < 1.29 is 18.7 Å². The van der Waals surface area contributed by atoms with Crippen LogP contribution in [0.5, 0.6) is 0 Å². The second kappa shape index (κ2) is 6.89. The quantitative estimate of drug-likeness (QED) is 0.663. The summed E-state index contributed by atoms with van der Waals surface area (Å²) in [5, 5.41) is 4.99. The normalized spacial score (nSPS) is 21.4. The molecule has 116 valence electrons. The van der Waals surface area contributed by atoms with Crippen molar-refractivity contribution in [1.29, 1.82) is 0 Å². The van der Waals surface area contributed by atoms with Crippen LogP contribution >= 0.6 is 0 Å². The van der Waals surface area contributed by atoms with Gasteiger partial charge in [0.15, 0.2) is 0 Å². The smallest absolute Gasteiger partial charge is 0.319 e. The maximum absolute atomic E-state index is 14.0. The van der Waals surface area contributed by atoms with Crippen LogP contribution in [0.4, 0.5) is 9.18 Å². The fraction of sp³-hybridized carbons (Fsp3) is 0.250. The number of rotatable bonds is 4. The SMILES string of the molecule is C=C1NC(=O)N[C@H](c2ccccc2F)[C@H]1C(=O)OC/C=C/C. The number of nitrogens with one attached hydrogen (secondary N) is 2. The van der Waals surface area contributed by atoms with Crippen molar-refractivity contribution in [3.05, 3.63) is 60.1 Å². The van der Waals surface area contributed by atoms with E-state index in [1.54, 1.807) is 25.1 Å². The van der Waals surface area contributed by atoms with Gasteiger partial charge in [0.05, 0.1) is 6.04 Å². The van der Waals surface area contributed by atoms with Gasteiger partial charge in [-0.3, -0.25) is 4.79 Å². The van der Waals surface area contributed by atoms with Gasteiger partial charge >= 0.3 is 12.0 Å². The van der Waals surface area contributed by atoms with Crippen LogP contribution in [-0.4, -0.2) is 18.6 Å². The molecule has 6 heteroatoms. The molecular weight excluding hydrogens is 287 g/mol. The molecule has 1 aliphatic heterocycles. The van der Waals surface area contributed by atoms with Gasteiger partial charge in [0.1, 0.15) is 18.3 Å². The Balaban J connectivity index is 2.30. The zero-order valence-electron chi connectivity index (χ0n) is 12.1. The number of esters is 1. The number of carbonyl (C=O) groups is 2. The van der Waals surface area contributed by atoms with Gasteiger partial charge in [0.2, 0.25) is 0 Å². The minimum Gasteiger partial charge on any atom is -0.461 e. The molecule has 1 aliphatic rings. The summed E-state index contributed by atoms with van der Waals surface area (Å²) in [6, 6.07) is 4.57. The van der Waals surface area contributed by atoms with Crippen molar-refractivity contribution in [3.63, 3.8) is 0 Å². The number of benzene rings is 1. The molecule has 2 amide bonds. The molecule has 22 heavy (non-hydrogen) atoms. The Bertz CT molecular complexity index is 628. The largest absolute Gasteiger partial charge is 0.461 e. The number of hydrogen-bond donors (Lipinski definition) is 2. The summed E-state index contributed by atoms with van der Waals surface area (Å²) < 4.78 is 19.1. The van der Waals surface area contributed by atoms with Gasteiger partial charge in [-0.15, -0.1) is 0 Å². The standard InChI is InChI=1S/C16H17FN2O3/c1-3-4-9-22-15(20)13-10(2)18-16(21)19-14(13)11-7-5-6-8-12(11)17/h3-8,13-14H,2,9H2,1H3,(H2,18,19,21)/b4-3+/t13-,14+/m0/s1. The summed E-state index contributed by atoms with van der Waals surface area (Å²) in [5.41, 5.74) is 0.397. The van der Waals surface area contributed by atoms with Gasteiger partial charge in [-0.1, -0.05) is 36.9 Å². The zero-order valence-corrected chi connectivity index (χ0v) is 12.1. The maximum atomic E-state index is 14.0. The fourth-order valence-corrected chi connectivity index (χ4v) is 2.26. The van der Waals surface area contributed by atoms with Gasteiger partial charge < -0.3 is 15.4 Å². The molecular formula is C16H17FN2O3. The number of ether oxygens (including phenoxy) is 1. The molecule has 2 atom stereocenters. The average molecular weight is 304 g/mol. The zero-order chi connectivity index (χ0) is 16.1. The molecule has 0 saturated carbocycles. The van der Waals surface area contributed by atoms with E-state index in [4.69, 9.17) is 4.74 Å². The molecule has 0 aliphatic carbocycles. The first-order chi connectivity index (χ1) is 10.5. The lowest BCUT2D eigenvalue weighted by molar-refractivity contribution is -0.147. The highest BCUT2D eigenvalue weighted by Crippen LogP contribution is 2.31. The van der Waals surface area contributed by atoms with Gasteiger partial charge in [-0.2, -0.15) is 0 Å². The Morgan fingerprint density at radius 1 is 1.45 bits per heavy atom. The summed E-state index contributed by atoms with van der Waals surface area (Å²) in [6.45, 7) is 5.60. The van der Waals surface area contributed by atoms with Crippen LogP contribution in [0.15, 0.2) is 48.7 Å².